The molecular weight excluding hydrogens is 240 g/mol. The number of benzene rings is 1. The zero-order valence-electron chi connectivity index (χ0n) is 11.3. The number of nitrogens with one attached hydrogen (secondary N) is 2. The summed E-state index contributed by atoms with van der Waals surface area (Å²) in [7, 11) is 0. The summed E-state index contributed by atoms with van der Waals surface area (Å²) in [5.41, 5.74) is 8.97. The van der Waals surface area contributed by atoms with Gasteiger partial charge in [0.05, 0.1) is 6.04 Å². The van der Waals surface area contributed by atoms with Crippen LogP contribution < -0.4 is 11.1 Å². The third kappa shape index (κ3) is 2.76. The van der Waals surface area contributed by atoms with Crippen LogP contribution in [-0.2, 0) is 0 Å². The highest BCUT2D eigenvalue weighted by atomic mass is 16.1. The first-order valence-corrected chi connectivity index (χ1v) is 6.16. The Kier molecular flexibility index (Phi) is 3.55. The van der Waals surface area contributed by atoms with Crippen LogP contribution in [0.2, 0.25) is 0 Å². The zero-order valence-corrected chi connectivity index (χ0v) is 11.3. The Hall–Kier alpha value is -2.30. The number of amides is 1. The first kappa shape index (κ1) is 13.1. The molecule has 4 N–H and O–H groups in total. The number of carbonyl (C=O) groups is 1. The molecule has 0 saturated heterocycles. The van der Waals surface area contributed by atoms with Crippen LogP contribution in [-0.4, -0.2) is 15.9 Å². The fraction of sp³-hybridized carbons (Fsp3) is 0.286. The Balaban J connectivity index is 2.19. The van der Waals surface area contributed by atoms with Gasteiger partial charge in [0.2, 0.25) is 0 Å². The fourth-order valence-corrected chi connectivity index (χ4v) is 1.97. The Labute approximate surface area is 112 Å². The lowest BCUT2D eigenvalue weighted by Crippen LogP contribution is -2.28. The van der Waals surface area contributed by atoms with Crippen LogP contribution >= 0.6 is 0 Å². The van der Waals surface area contributed by atoms with Crippen LogP contribution in [0.3, 0.4) is 0 Å². The lowest BCUT2D eigenvalue weighted by molar-refractivity contribution is 0.0938. The van der Waals surface area contributed by atoms with Crippen molar-refractivity contribution in [3.05, 3.63) is 47.0 Å². The van der Waals surface area contributed by atoms with E-state index in [2.05, 4.69) is 15.3 Å². The Morgan fingerprint density at radius 2 is 2.11 bits per heavy atom. The molecule has 1 amide bonds. The number of hydrogen-bond acceptors (Lipinski definition) is 3. The van der Waals surface area contributed by atoms with Crippen molar-refractivity contribution < 1.29 is 4.79 Å². The average molecular weight is 258 g/mol. The van der Waals surface area contributed by atoms with Crippen molar-refractivity contribution in [1.82, 2.24) is 15.3 Å². The van der Waals surface area contributed by atoms with E-state index in [0.717, 1.165) is 17.0 Å². The minimum absolute atomic E-state index is 0.145. The predicted molar refractivity (Wildman–Crippen MR) is 74.8 cm³/mol. The number of carbonyl (C=O) groups excluding carboxylic acids is 1. The van der Waals surface area contributed by atoms with Crippen LogP contribution in [0, 0.1) is 13.8 Å². The quantitative estimate of drug-likeness (QED) is 0.737. The van der Waals surface area contributed by atoms with E-state index in [0.29, 0.717) is 11.3 Å². The van der Waals surface area contributed by atoms with Crippen molar-refractivity contribution in [2.75, 3.05) is 5.73 Å². The van der Waals surface area contributed by atoms with Crippen LogP contribution in [0.15, 0.2) is 24.5 Å². The number of aromatic amines is 1. The van der Waals surface area contributed by atoms with Gasteiger partial charge in [-0.05, 0) is 38.0 Å². The van der Waals surface area contributed by atoms with Gasteiger partial charge in [-0.15, -0.1) is 0 Å². The van der Waals surface area contributed by atoms with E-state index in [1.54, 1.807) is 18.5 Å². The molecule has 5 nitrogen and oxygen atoms in total. The SMILES string of the molecule is Cc1cc(C)c(C(=O)NC(C)c2ncc[nH]2)cc1N. The summed E-state index contributed by atoms with van der Waals surface area (Å²) in [5, 5.41) is 2.90. The second-order valence-electron chi connectivity index (χ2n) is 4.69. The molecule has 0 aliphatic heterocycles. The molecule has 1 aromatic carbocycles. The molecule has 2 aromatic rings. The zero-order chi connectivity index (χ0) is 14.0. The Bertz CT molecular complexity index is 590. The maximum Gasteiger partial charge on any atom is 0.252 e. The summed E-state index contributed by atoms with van der Waals surface area (Å²) in [6, 6.07) is 3.46. The summed E-state index contributed by atoms with van der Waals surface area (Å²) in [6.45, 7) is 5.71. The molecule has 0 saturated carbocycles. The molecular formula is C14H18N4O. The topological polar surface area (TPSA) is 83.8 Å². The molecule has 1 unspecified atom stereocenters. The number of rotatable bonds is 3. The molecule has 0 fully saturated rings. The molecule has 5 heteroatoms. The molecule has 0 aliphatic carbocycles. The molecule has 19 heavy (non-hydrogen) atoms. The number of nitrogens with zero attached hydrogens (tertiary/aromatic N) is 1. The molecule has 0 bridgehead atoms. The third-order valence-electron chi connectivity index (χ3n) is 3.13. The number of aromatic nitrogens is 2. The summed E-state index contributed by atoms with van der Waals surface area (Å²) in [6.07, 6.45) is 3.39. The Morgan fingerprint density at radius 1 is 1.37 bits per heavy atom. The number of nitrogens with two attached hydrogens (primary N) is 1. The van der Waals surface area contributed by atoms with Gasteiger partial charge < -0.3 is 16.0 Å². The van der Waals surface area contributed by atoms with Crippen LogP contribution in [0.4, 0.5) is 5.69 Å². The van der Waals surface area contributed by atoms with Gasteiger partial charge in [0.25, 0.3) is 5.91 Å². The largest absolute Gasteiger partial charge is 0.398 e. The summed E-state index contributed by atoms with van der Waals surface area (Å²) < 4.78 is 0. The molecule has 2 rings (SSSR count). The minimum Gasteiger partial charge on any atom is -0.398 e. The molecule has 0 aliphatic rings. The predicted octanol–water partition coefficient (Wildman–Crippen LogP) is 2.10. The average Bonchev–Trinajstić information content (AvgIpc) is 2.87. The second-order valence-corrected chi connectivity index (χ2v) is 4.69. The normalized spacial score (nSPS) is 12.2. The molecule has 0 spiro atoms. The maximum atomic E-state index is 12.2. The first-order chi connectivity index (χ1) is 8.99. The first-order valence-electron chi connectivity index (χ1n) is 6.16. The Morgan fingerprint density at radius 3 is 2.74 bits per heavy atom. The fourth-order valence-electron chi connectivity index (χ4n) is 1.97. The van der Waals surface area contributed by atoms with Crippen LogP contribution in [0.25, 0.3) is 0 Å². The number of nitrogen functional groups attached to an aromatic ring is 1. The third-order valence-corrected chi connectivity index (χ3v) is 3.13. The molecule has 100 valence electrons. The summed E-state index contributed by atoms with van der Waals surface area (Å²) in [5.74, 6) is 0.583. The molecule has 1 heterocycles. The lowest BCUT2D eigenvalue weighted by Gasteiger charge is -2.14. The van der Waals surface area contributed by atoms with Gasteiger partial charge in [-0.1, -0.05) is 6.07 Å². The highest BCUT2D eigenvalue weighted by Crippen LogP contribution is 2.18. The smallest absolute Gasteiger partial charge is 0.252 e. The van der Waals surface area contributed by atoms with Crippen molar-refractivity contribution in [2.45, 2.75) is 26.8 Å². The van der Waals surface area contributed by atoms with E-state index in [1.165, 1.54) is 0 Å². The van der Waals surface area contributed by atoms with E-state index in [4.69, 9.17) is 5.73 Å². The van der Waals surface area contributed by atoms with Crippen LogP contribution in [0.1, 0.15) is 40.3 Å². The molecule has 1 aromatic heterocycles. The van der Waals surface area contributed by atoms with Gasteiger partial charge in [-0.2, -0.15) is 0 Å². The maximum absolute atomic E-state index is 12.2. The number of hydrogen-bond donors (Lipinski definition) is 3. The van der Waals surface area contributed by atoms with Crippen molar-refractivity contribution in [3.63, 3.8) is 0 Å². The van der Waals surface area contributed by atoms with E-state index in [1.807, 2.05) is 26.8 Å². The highest BCUT2D eigenvalue weighted by molar-refractivity contribution is 5.96. The number of aryl methyl sites for hydroxylation is 2. The number of anilines is 1. The monoisotopic (exact) mass is 258 g/mol. The lowest BCUT2D eigenvalue weighted by atomic mass is 10.0. The van der Waals surface area contributed by atoms with Crippen molar-refractivity contribution in [1.29, 1.82) is 0 Å². The molecule has 1 atom stereocenters. The van der Waals surface area contributed by atoms with Crippen LogP contribution in [0.5, 0.6) is 0 Å². The highest BCUT2D eigenvalue weighted by Gasteiger charge is 2.15. The summed E-state index contributed by atoms with van der Waals surface area (Å²) >= 11 is 0. The standard InChI is InChI=1S/C14H18N4O/c1-8-6-9(2)12(15)7-11(8)14(19)18-10(3)13-16-4-5-17-13/h4-7,10H,15H2,1-3H3,(H,16,17)(H,18,19). The second kappa shape index (κ2) is 5.14. The van der Waals surface area contributed by atoms with Crippen molar-refractivity contribution in [3.8, 4) is 0 Å². The van der Waals surface area contributed by atoms with Crippen molar-refractivity contribution >= 4 is 11.6 Å². The minimum atomic E-state index is -0.176. The van der Waals surface area contributed by atoms with E-state index >= 15 is 0 Å². The van der Waals surface area contributed by atoms with E-state index in [-0.39, 0.29) is 11.9 Å². The summed E-state index contributed by atoms with van der Waals surface area (Å²) in [4.78, 5) is 19.3. The van der Waals surface area contributed by atoms with Gasteiger partial charge in [0, 0.05) is 23.6 Å². The molecule has 0 radical (unpaired) electrons. The van der Waals surface area contributed by atoms with E-state index < -0.39 is 0 Å². The van der Waals surface area contributed by atoms with E-state index in [9.17, 15) is 4.79 Å². The number of imidazole rings is 1. The van der Waals surface area contributed by atoms with Crippen molar-refractivity contribution in [2.24, 2.45) is 0 Å². The number of H-pyrrole nitrogens is 1. The van der Waals surface area contributed by atoms with Gasteiger partial charge in [-0.25, -0.2) is 4.98 Å². The van der Waals surface area contributed by atoms with Gasteiger partial charge in [0.15, 0.2) is 0 Å². The van der Waals surface area contributed by atoms with Gasteiger partial charge in [-0.3, -0.25) is 4.79 Å². The van der Waals surface area contributed by atoms with Gasteiger partial charge >= 0.3 is 0 Å². The van der Waals surface area contributed by atoms with Gasteiger partial charge in [0.1, 0.15) is 5.82 Å².